The van der Waals surface area contributed by atoms with Gasteiger partial charge in [-0.25, -0.2) is 4.79 Å². The van der Waals surface area contributed by atoms with Crippen LogP contribution >= 0.6 is 0 Å². The predicted molar refractivity (Wildman–Crippen MR) is 95.8 cm³/mol. The lowest BCUT2D eigenvalue weighted by molar-refractivity contribution is 0.158. The molecule has 1 amide bonds. The number of fused-ring (bicyclic) bond motifs is 3. The number of H-pyrrole nitrogens is 1. The highest BCUT2D eigenvalue weighted by Gasteiger charge is 2.28. The Kier molecular flexibility index (Phi) is 3.82. The average molecular weight is 332 g/mol. The Bertz CT molecular complexity index is 948. The number of anilines is 1. The Morgan fingerprint density at radius 2 is 1.56 bits per heavy atom. The molecule has 5 nitrogen and oxygen atoms in total. The molecule has 0 atom stereocenters. The number of pyridine rings is 1. The van der Waals surface area contributed by atoms with Crippen LogP contribution in [0.1, 0.15) is 17.0 Å². The van der Waals surface area contributed by atoms with Gasteiger partial charge in [0.25, 0.3) is 0 Å². The zero-order valence-electron chi connectivity index (χ0n) is 13.4. The van der Waals surface area contributed by atoms with E-state index in [1.807, 2.05) is 24.3 Å². The number of hydrogen-bond acceptors (Lipinski definition) is 3. The molecule has 0 fully saturated rings. The highest BCUT2D eigenvalue weighted by Crippen LogP contribution is 2.44. The van der Waals surface area contributed by atoms with E-state index in [0.29, 0.717) is 5.82 Å². The quantitative estimate of drug-likeness (QED) is 0.767. The van der Waals surface area contributed by atoms with E-state index in [1.165, 1.54) is 17.2 Å². The number of benzene rings is 2. The first kappa shape index (κ1) is 15.2. The molecule has 5 heteroatoms. The number of ether oxygens (including phenoxy) is 1. The average Bonchev–Trinajstić information content (AvgIpc) is 2.94. The number of aromatic amines is 1. The van der Waals surface area contributed by atoms with Crippen LogP contribution in [0.3, 0.4) is 0 Å². The van der Waals surface area contributed by atoms with Crippen molar-refractivity contribution in [1.82, 2.24) is 4.98 Å². The van der Waals surface area contributed by atoms with Gasteiger partial charge in [0, 0.05) is 12.0 Å². The Hall–Kier alpha value is -3.34. The highest BCUT2D eigenvalue weighted by atomic mass is 16.5. The topological polar surface area (TPSA) is 71.2 Å². The zero-order chi connectivity index (χ0) is 17.2. The van der Waals surface area contributed by atoms with Crippen LogP contribution in [0.15, 0.2) is 71.5 Å². The smallest absolute Gasteiger partial charge is 0.412 e. The second-order valence-electron chi connectivity index (χ2n) is 5.88. The summed E-state index contributed by atoms with van der Waals surface area (Å²) in [4.78, 5) is 25.8. The summed E-state index contributed by atoms with van der Waals surface area (Å²) in [6.07, 6.45) is -0.594. The van der Waals surface area contributed by atoms with Gasteiger partial charge in [0.1, 0.15) is 12.4 Å². The number of aromatic nitrogens is 1. The second-order valence-corrected chi connectivity index (χ2v) is 5.88. The van der Waals surface area contributed by atoms with Gasteiger partial charge in [-0.3, -0.25) is 10.1 Å². The SMILES string of the molecule is O=C(Nc1cccc(=O)[nH]1)OCC1c2ccccc2-c2ccccc21. The molecule has 0 saturated heterocycles. The first-order valence-electron chi connectivity index (χ1n) is 8.04. The molecule has 0 bridgehead atoms. The lowest BCUT2D eigenvalue weighted by Gasteiger charge is -2.14. The lowest BCUT2D eigenvalue weighted by Crippen LogP contribution is -2.19. The van der Waals surface area contributed by atoms with Crippen molar-refractivity contribution in [2.75, 3.05) is 11.9 Å². The van der Waals surface area contributed by atoms with Crippen LogP contribution < -0.4 is 10.9 Å². The molecule has 1 aliphatic carbocycles. The summed E-state index contributed by atoms with van der Waals surface area (Å²) in [5.74, 6) is 0.317. The highest BCUT2D eigenvalue weighted by molar-refractivity contribution is 5.83. The normalized spacial score (nSPS) is 12.3. The minimum Gasteiger partial charge on any atom is -0.448 e. The van der Waals surface area contributed by atoms with E-state index in [4.69, 9.17) is 4.74 Å². The number of hydrogen-bond donors (Lipinski definition) is 2. The van der Waals surface area contributed by atoms with Crippen molar-refractivity contribution in [2.45, 2.75) is 5.92 Å². The van der Waals surface area contributed by atoms with E-state index in [1.54, 1.807) is 12.1 Å². The third-order valence-electron chi connectivity index (χ3n) is 4.35. The van der Waals surface area contributed by atoms with Crippen LogP contribution in [-0.4, -0.2) is 17.7 Å². The molecule has 0 unspecified atom stereocenters. The fourth-order valence-corrected chi connectivity index (χ4v) is 3.27. The maximum atomic E-state index is 12.0. The van der Waals surface area contributed by atoms with Crippen LogP contribution in [0.5, 0.6) is 0 Å². The van der Waals surface area contributed by atoms with Crippen LogP contribution in [0.4, 0.5) is 10.6 Å². The van der Waals surface area contributed by atoms with Crippen molar-refractivity contribution in [3.05, 3.63) is 88.2 Å². The van der Waals surface area contributed by atoms with Gasteiger partial charge in [-0.05, 0) is 28.3 Å². The second kappa shape index (κ2) is 6.28. The molecule has 0 saturated carbocycles. The van der Waals surface area contributed by atoms with Crippen molar-refractivity contribution in [2.24, 2.45) is 0 Å². The maximum Gasteiger partial charge on any atom is 0.412 e. The van der Waals surface area contributed by atoms with Crippen LogP contribution in [-0.2, 0) is 4.74 Å². The summed E-state index contributed by atoms with van der Waals surface area (Å²) in [5, 5.41) is 2.54. The summed E-state index contributed by atoms with van der Waals surface area (Å²) in [7, 11) is 0. The Morgan fingerprint density at radius 3 is 2.20 bits per heavy atom. The van der Waals surface area contributed by atoms with Gasteiger partial charge < -0.3 is 9.72 Å². The van der Waals surface area contributed by atoms with Crippen molar-refractivity contribution in [1.29, 1.82) is 0 Å². The van der Waals surface area contributed by atoms with E-state index in [0.717, 1.165) is 11.1 Å². The number of rotatable bonds is 3. The van der Waals surface area contributed by atoms with Gasteiger partial charge in [-0.15, -0.1) is 0 Å². The monoisotopic (exact) mass is 332 g/mol. The number of carbonyl (C=O) groups excluding carboxylic acids is 1. The Labute approximate surface area is 144 Å². The van der Waals surface area contributed by atoms with Gasteiger partial charge in [0.05, 0.1) is 0 Å². The number of carbonyl (C=O) groups is 1. The van der Waals surface area contributed by atoms with Crippen molar-refractivity contribution in [3.63, 3.8) is 0 Å². The van der Waals surface area contributed by atoms with E-state index in [9.17, 15) is 9.59 Å². The summed E-state index contributed by atoms with van der Waals surface area (Å²) in [6, 6.07) is 20.9. The summed E-state index contributed by atoms with van der Waals surface area (Å²) < 4.78 is 5.41. The molecule has 2 N–H and O–H groups in total. The first-order valence-corrected chi connectivity index (χ1v) is 8.04. The third-order valence-corrected chi connectivity index (χ3v) is 4.35. The summed E-state index contributed by atoms with van der Waals surface area (Å²) in [6.45, 7) is 0.233. The molecule has 2 aromatic carbocycles. The lowest BCUT2D eigenvalue weighted by atomic mass is 9.98. The van der Waals surface area contributed by atoms with Crippen molar-refractivity contribution in [3.8, 4) is 11.1 Å². The van der Waals surface area contributed by atoms with Crippen LogP contribution in [0.25, 0.3) is 11.1 Å². The van der Waals surface area contributed by atoms with Gasteiger partial charge >= 0.3 is 6.09 Å². The van der Waals surface area contributed by atoms with Gasteiger partial charge in [0.15, 0.2) is 0 Å². The first-order chi connectivity index (χ1) is 12.2. The predicted octanol–water partition coefficient (Wildman–Crippen LogP) is 3.74. The molecule has 1 heterocycles. The molecule has 0 spiro atoms. The van der Waals surface area contributed by atoms with Gasteiger partial charge in [-0.1, -0.05) is 54.6 Å². The molecule has 0 radical (unpaired) electrons. The van der Waals surface area contributed by atoms with Crippen molar-refractivity contribution < 1.29 is 9.53 Å². The molecule has 124 valence electrons. The standard InChI is InChI=1S/C20H16N2O3/c23-19-11-5-10-18(21-19)22-20(24)25-12-17-15-8-3-1-6-13(15)14-7-2-4-9-16(14)17/h1-11,17H,12H2,(H2,21,22,23,24). The van der Waals surface area contributed by atoms with E-state index in [2.05, 4.69) is 34.6 Å². The van der Waals surface area contributed by atoms with Crippen LogP contribution in [0.2, 0.25) is 0 Å². The molecule has 0 aliphatic heterocycles. The van der Waals surface area contributed by atoms with E-state index >= 15 is 0 Å². The minimum absolute atomic E-state index is 0.00738. The number of nitrogens with one attached hydrogen (secondary N) is 2. The Balaban J connectivity index is 1.51. The maximum absolute atomic E-state index is 12.0. The number of amides is 1. The fraction of sp³-hybridized carbons (Fsp3) is 0.100. The summed E-state index contributed by atoms with van der Waals surface area (Å²) in [5.41, 5.74) is 4.39. The molecule has 25 heavy (non-hydrogen) atoms. The Morgan fingerprint density at radius 1 is 0.920 bits per heavy atom. The molecule has 3 aromatic rings. The van der Waals surface area contributed by atoms with Gasteiger partial charge in [0.2, 0.25) is 5.56 Å². The summed E-state index contributed by atoms with van der Waals surface area (Å²) >= 11 is 0. The zero-order valence-corrected chi connectivity index (χ0v) is 13.4. The third kappa shape index (κ3) is 2.92. The van der Waals surface area contributed by atoms with Gasteiger partial charge in [-0.2, -0.15) is 0 Å². The van der Waals surface area contributed by atoms with Crippen molar-refractivity contribution >= 4 is 11.9 Å². The molecule has 4 rings (SSSR count). The van der Waals surface area contributed by atoms with E-state index < -0.39 is 6.09 Å². The largest absolute Gasteiger partial charge is 0.448 e. The molecule has 1 aliphatic rings. The minimum atomic E-state index is -0.594. The molecule has 1 aromatic heterocycles. The van der Waals surface area contributed by atoms with Crippen LogP contribution in [0, 0.1) is 0 Å². The fourth-order valence-electron chi connectivity index (χ4n) is 3.27. The van der Waals surface area contributed by atoms with E-state index in [-0.39, 0.29) is 18.1 Å². The molecular weight excluding hydrogens is 316 g/mol. The molecular formula is C20H16N2O3.